The molecule has 31 heavy (non-hydrogen) atoms. The molecule has 0 fully saturated rings. The van der Waals surface area contributed by atoms with Crippen LogP contribution in [0.25, 0.3) is 0 Å². The van der Waals surface area contributed by atoms with E-state index < -0.39 is 35.9 Å². The zero-order valence-electron chi connectivity index (χ0n) is 18.3. The molecule has 2 rings (SSSR count). The molecule has 8 heteroatoms. The highest BCUT2D eigenvalue weighted by Gasteiger charge is 2.27. The molecule has 3 atom stereocenters. The van der Waals surface area contributed by atoms with Crippen molar-refractivity contribution < 1.29 is 28.9 Å². The Morgan fingerprint density at radius 1 is 1.16 bits per heavy atom. The van der Waals surface area contributed by atoms with E-state index in [0.29, 0.717) is 6.61 Å². The van der Waals surface area contributed by atoms with Gasteiger partial charge in [0, 0.05) is 18.9 Å². The quantitative estimate of drug-likeness (QED) is 0.416. The number of aromatic nitrogens is 1. The van der Waals surface area contributed by atoms with Gasteiger partial charge in [0.15, 0.2) is 17.2 Å². The molecule has 0 spiro atoms. The molecule has 168 valence electrons. The zero-order valence-corrected chi connectivity index (χ0v) is 18.3. The van der Waals surface area contributed by atoms with Gasteiger partial charge in [0.05, 0.1) is 7.11 Å². The van der Waals surface area contributed by atoms with Gasteiger partial charge in [-0.1, -0.05) is 43.7 Å². The molecule has 1 amide bonds. The molecule has 0 bridgehead atoms. The molecular weight excluding hydrogens is 400 g/mol. The highest BCUT2D eigenvalue weighted by atomic mass is 16.6. The molecule has 2 aromatic rings. The number of carbonyl (C=O) groups excluding carboxylic acids is 2. The van der Waals surface area contributed by atoms with Crippen LogP contribution in [0.2, 0.25) is 0 Å². The number of hydrogen-bond acceptors (Lipinski definition) is 7. The second kappa shape index (κ2) is 11.9. The van der Waals surface area contributed by atoms with Crippen LogP contribution in [-0.2, 0) is 14.3 Å². The lowest BCUT2D eigenvalue weighted by atomic mass is 10.1. The van der Waals surface area contributed by atoms with Crippen molar-refractivity contribution in [2.45, 2.75) is 51.9 Å². The van der Waals surface area contributed by atoms with Gasteiger partial charge in [-0.15, -0.1) is 0 Å². The summed E-state index contributed by atoms with van der Waals surface area (Å²) in [6.45, 7) is 5.87. The van der Waals surface area contributed by atoms with E-state index in [1.807, 2.05) is 30.3 Å². The van der Waals surface area contributed by atoms with E-state index in [1.54, 1.807) is 6.92 Å². The molecule has 2 N–H and O–H groups in total. The fourth-order valence-corrected chi connectivity index (χ4v) is 2.94. The van der Waals surface area contributed by atoms with Crippen molar-refractivity contribution in [3.8, 4) is 11.5 Å². The number of nitrogens with one attached hydrogen (secondary N) is 1. The SMILES string of the molecule is CCCCOC(c1ccccc1)[C@H](C)OC(=O)[C@H](C)NC(=O)c1nccc(OC)c1O. The molecule has 1 aromatic carbocycles. The van der Waals surface area contributed by atoms with Crippen LogP contribution in [0.3, 0.4) is 0 Å². The summed E-state index contributed by atoms with van der Waals surface area (Å²) in [6.07, 6.45) is 2.21. The molecule has 0 radical (unpaired) electrons. The standard InChI is InChI=1S/C23H30N2O6/c1-5-6-14-30-21(17-10-8-7-9-11-17)16(3)31-23(28)15(2)25-22(27)19-20(26)18(29-4)12-13-24-19/h7-13,15-16,21,26H,5-6,14H2,1-4H3,(H,25,27)/t15-,16-,21?/m0/s1. The van der Waals surface area contributed by atoms with Crippen molar-refractivity contribution in [1.82, 2.24) is 10.3 Å². The Morgan fingerprint density at radius 3 is 2.52 bits per heavy atom. The summed E-state index contributed by atoms with van der Waals surface area (Å²) < 4.78 is 16.5. The van der Waals surface area contributed by atoms with Crippen molar-refractivity contribution in [1.29, 1.82) is 0 Å². The summed E-state index contributed by atoms with van der Waals surface area (Å²) in [5.74, 6) is -1.63. The van der Waals surface area contributed by atoms with Crippen LogP contribution in [-0.4, -0.2) is 47.8 Å². The molecule has 0 saturated carbocycles. The molecular formula is C23H30N2O6. The van der Waals surface area contributed by atoms with E-state index in [-0.39, 0.29) is 11.4 Å². The summed E-state index contributed by atoms with van der Waals surface area (Å²) >= 11 is 0. The van der Waals surface area contributed by atoms with Gasteiger partial charge in [-0.25, -0.2) is 9.78 Å². The molecule has 0 aliphatic carbocycles. The van der Waals surface area contributed by atoms with Gasteiger partial charge in [0.1, 0.15) is 18.2 Å². The minimum Gasteiger partial charge on any atom is -0.503 e. The number of amides is 1. The largest absolute Gasteiger partial charge is 0.503 e. The van der Waals surface area contributed by atoms with Gasteiger partial charge in [-0.05, 0) is 25.8 Å². The molecule has 0 saturated heterocycles. The number of pyridine rings is 1. The second-order valence-electron chi connectivity index (χ2n) is 7.10. The maximum Gasteiger partial charge on any atom is 0.328 e. The van der Waals surface area contributed by atoms with Crippen molar-refractivity contribution in [3.05, 3.63) is 53.9 Å². The smallest absolute Gasteiger partial charge is 0.328 e. The van der Waals surface area contributed by atoms with Crippen molar-refractivity contribution in [3.63, 3.8) is 0 Å². The zero-order chi connectivity index (χ0) is 22.8. The van der Waals surface area contributed by atoms with Gasteiger partial charge < -0.3 is 24.6 Å². The van der Waals surface area contributed by atoms with Crippen LogP contribution in [0.15, 0.2) is 42.6 Å². The van der Waals surface area contributed by atoms with Crippen molar-refractivity contribution in [2.24, 2.45) is 0 Å². The van der Waals surface area contributed by atoms with Crippen LogP contribution in [0.4, 0.5) is 0 Å². The van der Waals surface area contributed by atoms with Gasteiger partial charge in [0.25, 0.3) is 5.91 Å². The summed E-state index contributed by atoms with van der Waals surface area (Å²) in [6, 6.07) is 10.0. The Balaban J connectivity index is 2.03. The van der Waals surface area contributed by atoms with Crippen molar-refractivity contribution >= 4 is 11.9 Å². The first-order valence-corrected chi connectivity index (χ1v) is 10.3. The Kier molecular flexibility index (Phi) is 9.27. The Bertz CT molecular complexity index is 858. The number of esters is 1. The third kappa shape index (κ3) is 6.68. The average Bonchev–Trinajstić information content (AvgIpc) is 2.77. The number of benzene rings is 1. The molecule has 1 aromatic heterocycles. The number of carbonyl (C=O) groups is 2. The van der Waals surface area contributed by atoms with Crippen LogP contribution in [0.1, 0.15) is 55.8 Å². The fraction of sp³-hybridized carbons (Fsp3) is 0.435. The lowest BCUT2D eigenvalue weighted by Gasteiger charge is -2.26. The highest BCUT2D eigenvalue weighted by Crippen LogP contribution is 2.27. The fourth-order valence-electron chi connectivity index (χ4n) is 2.94. The molecule has 8 nitrogen and oxygen atoms in total. The predicted octanol–water partition coefficient (Wildman–Crippen LogP) is 3.40. The molecule has 1 heterocycles. The number of aromatic hydroxyl groups is 1. The third-order valence-electron chi connectivity index (χ3n) is 4.68. The van der Waals surface area contributed by atoms with Crippen LogP contribution < -0.4 is 10.1 Å². The van der Waals surface area contributed by atoms with Crippen LogP contribution in [0.5, 0.6) is 11.5 Å². The number of ether oxygens (including phenoxy) is 3. The monoisotopic (exact) mass is 430 g/mol. The van der Waals surface area contributed by atoms with Gasteiger partial charge >= 0.3 is 5.97 Å². The van der Waals surface area contributed by atoms with Crippen molar-refractivity contribution in [2.75, 3.05) is 13.7 Å². The molecule has 0 aliphatic rings. The average molecular weight is 431 g/mol. The van der Waals surface area contributed by atoms with Gasteiger partial charge in [0.2, 0.25) is 0 Å². The Labute approximate surface area is 182 Å². The Hall–Kier alpha value is -3.13. The van der Waals surface area contributed by atoms with E-state index in [2.05, 4.69) is 17.2 Å². The van der Waals surface area contributed by atoms with Gasteiger partial charge in [-0.3, -0.25) is 4.79 Å². The topological polar surface area (TPSA) is 107 Å². The van der Waals surface area contributed by atoms with Gasteiger partial charge in [-0.2, -0.15) is 0 Å². The van der Waals surface area contributed by atoms with E-state index in [1.165, 1.54) is 26.3 Å². The maximum absolute atomic E-state index is 12.6. The number of rotatable bonds is 11. The number of hydrogen-bond donors (Lipinski definition) is 2. The summed E-state index contributed by atoms with van der Waals surface area (Å²) in [5.41, 5.74) is 0.665. The lowest BCUT2D eigenvalue weighted by molar-refractivity contribution is -0.158. The minimum absolute atomic E-state index is 0.110. The summed E-state index contributed by atoms with van der Waals surface area (Å²) in [7, 11) is 1.36. The molecule has 1 unspecified atom stereocenters. The predicted molar refractivity (Wildman–Crippen MR) is 115 cm³/mol. The van der Waals surface area contributed by atoms with Crippen LogP contribution in [0, 0.1) is 0 Å². The third-order valence-corrected chi connectivity index (χ3v) is 4.68. The normalized spacial score (nSPS) is 13.7. The Morgan fingerprint density at radius 2 is 1.87 bits per heavy atom. The van der Waals surface area contributed by atoms with E-state index in [0.717, 1.165) is 18.4 Å². The first kappa shape index (κ1) is 24.1. The molecule has 0 aliphatic heterocycles. The van der Waals surface area contributed by atoms with Crippen LogP contribution >= 0.6 is 0 Å². The summed E-state index contributed by atoms with van der Waals surface area (Å²) in [5, 5.41) is 12.6. The number of nitrogens with zero attached hydrogens (tertiary/aromatic N) is 1. The highest BCUT2D eigenvalue weighted by molar-refractivity contribution is 5.97. The second-order valence-corrected chi connectivity index (χ2v) is 7.10. The minimum atomic E-state index is -0.964. The van der Waals surface area contributed by atoms with E-state index in [4.69, 9.17) is 14.2 Å². The first-order chi connectivity index (χ1) is 14.9. The lowest BCUT2D eigenvalue weighted by Crippen LogP contribution is -2.41. The summed E-state index contributed by atoms with van der Waals surface area (Å²) in [4.78, 5) is 28.9. The van der Waals surface area contributed by atoms with E-state index in [9.17, 15) is 14.7 Å². The number of methoxy groups -OCH3 is 1. The first-order valence-electron chi connectivity index (χ1n) is 10.3. The number of unbranched alkanes of at least 4 members (excludes halogenated alkanes) is 1. The van der Waals surface area contributed by atoms with E-state index >= 15 is 0 Å². The maximum atomic E-state index is 12.6.